The van der Waals surface area contributed by atoms with Crippen LogP contribution in [-0.4, -0.2) is 35.9 Å². The second kappa shape index (κ2) is 5.73. The van der Waals surface area contributed by atoms with Gasteiger partial charge in [-0.25, -0.2) is 0 Å². The maximum atomic E-state index is 11.7. The van der Waals surface area contributed by atoms with Gasteiger partial charge in [0.25, 0.3) is 5.91 Å². The minimum absolute atomic E-state index is 0.0724. The Hall–Kier alpha value is -1.75. The number of amides is 1. The minimum Gasteiger partial charge on any atom is -0.508 e. The standard InChI is InChI=1S/C13H17NO4/c15-10-3-4-11(12(16)7-10)13(17)14-5-6-18-8-9-1-2-9/h3-4,7,9,15-16H,1-2,5-6,8H2,(H,14,17). The van der Waals surface area contributed by atoms with Crippen LogP contribution < -0.4 is 5.32 Å². The van der Waals surface area contributed by atoms with Crippen molar-refractivity contribution in [3.63, 3.8) is 0 Å². The number of benzene rings is 1. The van der Waals surface area contributed by atoms with Crippen LogP contribution >= 0.6 is 0 Å². The highest BCUT2D eigenvalue weighted by Crippen LogP contribution is 2.28. The summed E-state index contributed by atoms with van der Waals surface area (Å²) in [7, 11) is 0. The molecular weight excluding hydrogens is 234 g/mol. The molecule has 1 saturated carbocycles. The van der Waals surface area contributed by atoms with Gasteiger partial charge in [-0.15, -0.1) is 0 Å². The van der Waals surface area contributed by atoms with Gasteiger partial charge < -0.3 is 20.3 Å². The van der Waals surface area contributed by atoms with E-state index in [1.54, 1.807) is 0 Å². The maximum Gasteiger partial charge on any atom is 0.255 e. The van der Waals surface area contributed by atoms with Gasteiger partial charge in [0.15, 0.2) is 0 Å². The van der Waals surface area contributed by atoms with Gasteiger partial charge >= 0.3 is 0 Å². The Kier molecular flexibility index (Phi) is 4.04. The quantitative estimate of drug-likeness (QED) is 0.665. The van der Waals surface area contributed by atoms with E-state index in [0.717, 1.165) is 12.7 Å². The van der Waals surface area contributed by atoms with Crippen molar-refractivity contribution in [1.82, 2.24) is 5.32 Å². The van der Waals surface area contributed by atoms with Crippen molar-refractivity contribution in [3.05, 3.63) is 23.8 Å². The summed E-state index contributed by atoms with van der Waals surface area (Å²) in [6.45, 7) is 1.65. The Balaban J connectivity index is 1.72. The van der Waals surface area contributed by atoms with Crippen molar-refractivity contribution < 1.29 is 19.7 Å². The summed E-state index contributed by atoms with van der Waals surface area (Å²) >= 11 is 0. The molecule has 0 radical (unpaired) electrons. The van der Waals surface area contributed by atoms with E-state index < -0.39 is 0 Å². The first-order valence-electron chi connectivity index (χ1n) is 6.05. The average Bonchev–Trinajstić information content (AvgIpc) is 3.12. The van der Waals surface area contributed by atoms with Crippen molar-refractivity contribution in [1.29, 1.82) is 0 Å². The summed E-state index contributed by atoms with van der Waals surface area (Å²) in [6.07, 6.45) is 2.49. The smallest absolute Gasteiger partial charge is 0.255 e. The summed E-state index contributed by atoms with van der Waals surface area (Å²) in [5.41, 5.74) is 0.148. The Bertz CT molecular complexity index is 429. The van der Waals surface area contributed by atoms with Gasteiger partial charge in [-0.1, -0.05) is 0 Å². The number of rotatable bonds is 6. The van der Waals surface area contributed by atoms with Gasteiger partial charge in [0, 0.05) is 19.2 Å². The third-order valence-corrected chi connectivity index (χ3v) is 2.81. The number of phenolic OH excluding ortho intramolecular Hbond substituents is 2. The predicted molar refractivity (Wildman–Crippen MR) is 65.6 cm³/mol. The van der Waals surface area contributed by atoms with E-state index >= 15 is 0 Å². The van der Waals surface area contributed by atoms with Gasteiger partial charge in [-0.2, -0.15) is 0 Å². The lowest BCUT2D eigenvalue weighted by atomic mass is 10.2. The zero-order valence-corrected chi connectivity index (χ0v) is 10.1. The zero-order chi connectivity index (χ0) is 13.0. The van der Waals surface area contributed by atoms with Crippen LogP contribution in [0, 0.1) is 5.92 Å². The lowest BCUT2D eigenvalue weighted by molar-refractivity contribution is 0.0904. The first-order chi connectivity index (χ1) is 8.66. The molecule has 1 aliphatic carbocycles. The molecule has 0 aliphatic heterocycles. The van der Waals surface area contributed by atoms with Crippen molar-refractivity contribution in [3.8, 4) is 11.5 Å². The topological polar surface area (TPSA) is 78.8 Å². The molecule has 1 aromatic carbocycles. The van der Waals surface area contributed by atoms with Gasteiger partial charge in [0.1, 0.15) is 11.5 Å². The van der Waals surface area contributed by atoms with Crippen LogP contribution in [0.2, 0.25) is 0 Å². The molecule has 0 saturated heterocycles. The monoisotopic (exact) mass is 251 g/mol. The predicted octanol–water partition coefficient (Wildman–Crippen LogP) is 1.25. The van der Waals surface area contributed by atoms with Gasteiger partial charge in [-0.05, 0) is 30.9 Å². The third kappa shape index (κ3) is 3.63. The number of hydrogen-bond donors (Lipinski definition) is 3. The summed E-state index contributed by atoms with van der Waals surface area (Å²) in [4.78, 5) is 11.7. The number of hydrogen-bond acceptors (Lipinski definition) is 4. The Morgan fingerprint density at radius 1 is 1.39 bits per heavy atom. The molecular formula is C13H17NO4. The lowest BCUT2D eigenvalue weighted by Gasteiger charge is -2.07. The molecule has 0 atom stereocenters. The molecule has 0 bridgehead atoms. The SMILES string of the molecule is O=C(NCCOCC1CC1)c1ccc(O)cc1O. The van der Waals surface area contributed by atoms with Crippen molar-refractivity contribution in [2.75, 3.05) is 19.8 Å². The first-order valence-corrected chi connectivity index (χ1v) is 6.05. The number of carbonyl (C=O) groups excluding carboxylic acids is 1. The van der Waals surface area contributed by atoms with Crippen LogP contribution in [0.4, 0.5) is 0 Å². The van der Waals surface area contributed by atoms with Crippen molar-refractivity contribution in [2.45, 2.75) is 12.8 Å². The van der Waals surface area contributed by atoms with Gasteiger partial charge in [-0.3, -0.25) is 4.79 Å². The van der Waals surface area contributed by atoms with Gasteiger partial charge in [0.05, 0.1) is 12.2 Å². The minimum atomic E-state index is -0.373. The fourth-order valence-electron chi connectivity index (χ4n) is 1.58. The first kappa shape index (κ1) is 12.7. The molecule has 1 aromatic rings. The van der Waals surface area contributed by atoms with E-state index in [-0.39, 0.29) is 23.0 Å². The van der Waals surface area contributed by atoms with Crippen LogP contribution in [0.3, 0.4) is 0 Å². The molecule has 0 unspecified atom stereocenters. The van der Waals surface area contributed by atoms with E-state index in [1.165, 1.54) is 25.0 Å². The Morgan fingerprint density at radius 3 is 2.83 bits per heavy atom. The molecule has 1 fully saturated rings. The number of nitrogens with one attached hydrogen (secondary N) is 1. The highest BCUT2D eigenvalue weighted by atomic mass is 16.5. The second-order valence-corrected chi connectivity index (χ2v) is 4.48. The molecule has 0 aromatic heterocycles. The van der Waals surface area contributed by atoms with Crippen LogP contribution in [0.25, 0.3) is 0 Å². The summed E-state index contributed by atoms with van der Waals surface area (Å²) in [5, 5.41) is 21.3. The zero-order valence-electron chi connectivity index (χ0n) is 10.1. The van der Waals surface area contributed by atoms with E-state index in [9.17, 15) is 9.90 Å². The van der Waals surface area contributed by atoms with Crippen molar-refractivity contribution >= 4 is 5.91 Å². The van der Waals surface area contributed by atoms with E-state index in [2.05, 4.69) is 5.32 Å². The van der Waals surface area contributed by atoms with Crippen molar-refractivity contribution in [2.24, 2.45) is 5.92 Å². The maximum absolute atomic E-state index is 11.7. The van der Waals surface area contributed by atoms with Crippen LogP contribution in [0.5, 0.6) is 11.5 Å². The molecule has 0 spiro atoms. The summed E-state index contributed by atoms with van der Waals surface area (Å²) < 4.78 is 5.38. The van der Waals surface area contributed by atoms with Crippen LogP contribution in [0.15, 0.2) is 18.2 Å². The van der Waals surface area contributed by atoms with E-state index in [1.807, 2.05) is 0 Å². The van der Waals surface area contributed by atoms with Crippen LogP contribution in [-0.2, 0) is 4.74 Å². The molecule has 1 amide bonds. The van der Waals surface area contributed by atoms with E-state index in [0.29, 0.717) is 19.1 Å². The summed E-state index contributed by atoms with van der Waals surface area (Å²) in [6, 6.07) is 3.88. The molecule has 0 heterocycles. The largest absolute Gasteiger partial charge is 0.508 e. The normalized spacial score (nSPS) is 14.4. The lowest BCUT2D eigenvalue weighted by Crippen LogP contribution is -2.27. The highest BCUT2D eigenvalue weighted by molar-refractivity contribution is 5.96. The molecule has 18 heavy (non-hydrogen) atoms. The fourth-order valence-corrected chi connectivity index (χ4v) is 1.58. The molecule has 98 valence electrons. The number of ether oxygens (including phenoxy) is 1. The number of phenols is 2. The number of aromatic hydroxyl groups is 2. The van der Waals surface area contributed by atoms with E-state index in [4.69, 9.17) is 9.84 Å². The Labute approximate surface area is 105 Å². The highest BCUT2D eigenvalue weighted by Gasteiger charge is 2.20. The third-order valence-electron chi connectivity index (χ3n) is 2.81. The average molecular weight is 251 g/mol. The second-order valence-electron chi connectivity index (χ2n) is 4.48. The molecule has 1 aliphatic rings. The molecule has 3 N–H and O–H groups in total. The van der Waals surface area contributed by atoms with Gasteiger partial charge in [0.2, 0.25) is 0 Å². The number of carbonyl (C=O) groups is 1. The Morgan fingerprint density at radius 2 is 2.17 bits per heavy atom. The fraction of sp³-hybridized carbons (Fsp3) is 0.462. The molecule has 5 heteroatoms. The molecule has 5 nitrogen and oxygen atoms in total. The molecule has 2 rings (SSSR count). The van der Waals surface area contributed by atoms with Crippen LogP contribution in [0.1, 0.15) is 23.2 Å². The summed E-state index contributed by atoms with van der Waals surface area (Å²) in [5.74, 6) is 0.0348.